The van der Waals surface area contributed by atoms with E-state index in [4.69, 9.17) is 16.3 Å². The maximum absolute atomic E-state index is 11.4. The van der Waals surface area contributed by atoms with Gasteiger partial charge in [0.1, 0.15) is 0 Å². The van der Waals surface area contributed by atoms with Crippen molar-refractivity contribution in [3.8, 4) is 12.3 Å². The van der Waals surface area contributed by atoms with Crippen LogP contribution in [0.15, 0.2) is 0 Å². The molecule has 1 saturated carbocycles. The molecule has 14 heavy (non-hydrogen) atoms. The summed E-state index contributed by atoms with van der Waals surface area (Å²) in [5.74, 6) is 1.36. The van der Waals surface area contributed by atoms with Crippen LogP contribution in [0.2, 0.25) is 0 Å². The summed E-state index contributed by atoms with van der Waals surface area (Å²) >= 11 is 0. The monoisotopic (exact) mass is 197 g/mol. The fourth-order valence-corrected chi connectivity index (χ4v) is 1.33. The van der Waals surface area contributed by atoms with Gasteiger partial charge in [0, 0.05) is 0 Å². The van der Waals surface area contributed by atoms with E-state index in [1.54, 1.807) is 6.92 Å². The lowest BCUT2D eigenvalue weighted by atomic mass is 10.2. The lowest BCUT2D eigenvalue weighted by Gasteiger charge is -2.13. The zero-order chi connectivity index (χ0) is 10.8. The molecule has 1 aliphatic carbocycles. The van der Waals surface area contributed by atoms with Crippen molar-refractivity contribution in [2.45, 2.75) is 18.9 Å². The van der Waals surface area contributed by atoms with Gasteiger partial charge in [0.15, 0.2) is 5.54 Å². The van der Waals surface area contributed by atoms with Gasteiger partial charge in [-0.3, -0.25) is 0 Å². The zero-order valence-corrected chi connectivity index (χ0v) is 7.74. The molecule has 0 aromatic heterocycles. The molecule has 0 radical (unpaired) electrons. The van der Waals surface area contributed by atoms with E-state index < -0.39 is 23.5 Å². The third-order valence-electron chi connectivity index (χ3n) is 2.13. The predicted molar refractivity (Wildman–Crippen MR) is 47.5 cm³/mol. The van der Waals surface area contributed by atoms with Crippen molar-refractivity contribution < 1.29 is 19.4 Å². The van der Waals surface area contributed by atoms with Crippen molar-refractivity contribution >= 4 is 12.1 Å². The highest BCUT2D eigenvalue weighted by molar-refractivity contribution is 5.90. The summed E-state index contributed by atoms with van der Waals surface area (Å²) in [5.41, 5.74) is -1.20. The first kappa shape index (κ1) is 10.4. The number of rotatable bonds is 3. The fraction of sp³-hybridized carbons (Fsp3) is 0.556. The molecule has 5 nitrogen and oxygen atoms in total. The van der Waals surface area contributed by atoms with Crippen LogP contribution < -0.4 is 5.32 Å². The summed E-state index contributed by atoms with van der Waals surface area (Å²) in [5, 5.41) is 10.6. The maximum atomic E-state index is 11.4. The largest absolute Gasteiger partial charge is 0.465 e. The Morgan fingerprint density at radius 1 is 1.79 bits per heavy atom. The van der Waals surface area contributed by atoms with E-state index >= 15 is 0 Å². The van der Waals surface area contributed by atoms with Crippen molar-refractivity contribution in [1.29, 1.82) is 0 Å². The first-order valence-electron chi connectivity index (χ1n) is 4.21. The molecule has 0 aromatic rings. The number of hydrogen-bond donors (Lipinski definition) is 2. The van der Waals surface area contributed by atoms with Crippen LogP contribution in [0.4, 0.5) is 4.79 Å². The minimum Gasteiger partial charge on any atom is -0.465 e. The molecule has 5 heteroatoms. The number of carbonyl (C=O) groups is 2. The van der Waals surface area contributed by atoms with Crippen molar-refractivity contribution in [2.75, 3.05) is 6.61 Å². The normalized spacial score (nSPS) is 28.7. The second kappa shape index (κ2) is 3.58. The van der Waals surface area contributed by atoms with E-state index in [-0.39, 0.29) is 6.61 Å². The lowest BCUT2D eigenvalue weighted by Crippen LogP contribution is -2.45. The molecule has 76 valence electrons. The summed E-state index contributed by atoms with van der Waals surface area (Å²) in [6, 6.07) is 0. The predicted octanol–water partition coefficient (Wildman–Crippen LogP) is 0.209. The number of terminal acetylenes is 1. The molecule has 0 bridgehead atoms. The Morgan fingerprint density at radius 2 is 2.43 bits per heavy atom. The Labute approximate surface area is 81.4 Å². The lowest BCUT2D eigenvalue weighted by molar-refractivity contribution is -0.147. The van der Waals surface area contributed by atoms with Gasteiger partial charge < -0.3 is 15.2 Å². The Balaban J connectivity index is 2.71. The number of amides is 1. The van der Waals surface area contributed by atoms with Crippen molar-refractivity contribution in [3.63, 3.8) is 0 Å². The third-order valence-corrected chi connectivity index (χ3v) is 2.13. The second-order valence-corrected chi connectivity index (χ2v) is 3.05. The third kappa shape index (κ3) is 1.64. The van der Waals surface area contributed by atoms with E-state index in [2.05, 4.69) is 11.2 Å². The fourth-order valence-electron chi connectivity index (χ4n) is 1.33. The molecular formula is C9H11NO4. The van der Waals surface area contributed by atoms with E-state index in [0.29, 0.717) is 6.42 Å². The van der Waals surface area contributed by atoms with Gasteiger partial charge in [-0.05, 0) is 13.3 Å². The molecule has 0 aromatic carbocycles. The number of nitrogens with one attached hydrogen (secondary N) is 1. The Morgan fingerprint density at radius 3 is 2.79 bits per heavy atom. The summed E-state index contributed by atoms with van der Waals surface area (Å²) in [4.78, 5) is 21.8. The molecule has 0 spiro atoms. The van der Waals surface area contributed by atoms with Crippen LogP contribution in [0.25, 0.3) is 0 Å². The quantitative estimate of drug-likeness (QED) is 0.501. The number of carbonyl (C=O) groups excluding carboxylic acids is 1. The highest BCUT2D eigenvalue weighted by Gasteiger charge is 2.62. The van der Waals surface area contributed by atoms with Crippen molar-refractivity contribution in [1.82, 2.24) is 5.32 Å². The standard InChI is InChI=1S/C9H11NO4/c1-3-6-5-9(6,10-8(12)13)7(11)14-4-2/h1,6,10H,4-5H2,2H3,(H,12,13)/t6-,9-/m1/s1. The molecule has 1 fully saturated rings. The first-order valence-corrected chi connectivity index (χ1v) is 4.21. The molecule has 2 atom stereocenters. The number of carboxylic acid groups (broad SMARTS) is 1. The van der Waals surface area contributed by atoms with Crippen molar-refractivity contribution in [3.05, 3.63) is 0 Å². The first-order chi connectivity index (χ1) is 6.56. The minimum absolute atomic E-state index is 0.208. The van der Waals surface area contributed by atoms with E-state index in [9.17, 15) is 9.59 Å². The Hall–Kier alpha value is -1.70. The summed E-state index contributed by atoms with van der Waals surface area (Å²) < 4.78 is 4.74. The van der Waals surface area contributed by atoms with Gasteiger partial charge >= 0.3 is 12.1 Å². The van der Waals surface area contributed by atoms with Gasteiger partial charge in [-0.25, -0.2) is 9.59 Å². The minimum atomic E-state index is -1.27. The molecule has 0 unspecified atom stereocenters. The number of esters is 1. The SMILES string of the molecule is C#C[C@@H]1C[C@]1(NC(=O)O)C(=O)OCC. The molecule has 1 amide bonds. The molecule has 1 aliphatic rings. The van der Waals surface area contributed by atoms with Crippen LogP contribution in [0.3, 0.4) is 0 Å². The van der Waals surface area contributed by atoms with Gasteiger partial charge in [0.25, 0.3) is 0 Å². The van der Waals surface area contributed by atoms with E-state index in [1.807, 2.05) is 0 Å². The van der Waals surface area contributed by atoms with Gasteiger partial charge in [0.05, 0.1) is 12.5 Å². The molecule has 1 rings (SSSR count). The molecular weight excluding hydrogens is 186 g/mol. The number of ether oxygens (including phenoxy) is 1. The van der Waals surface area contributed by atoms with Gasteiger partial charge in [-0.1, -0.05) is 0 Å². The topological polar surface area (TPSA) is 75.6 Å². The zero-order valence-electron chi connectivity index (χ0n) is 7.74. The average Bonchev–Trinajstić information content (AvgIpc) is 2.79. The van der Waals surface area contributed by atoms with E-state index in [0.717, 1.165) is 0 Å². The molecule has 0 saturated heterocycles. The van der Waals surface area contributed by atoms with Crippen LogP contribution in [-0.2, 0) is 9.53 Å². The highest BCUT2D eigenvalue weighted by atomic mass is 16.5. The smallest absolute Gasteiger partial charge is 0.405 e. The van der Waals surface area contributed by atoms with Crippen LogP contribution in [0, 0.1) is 18.3 Å². The molecule has 2 N–H and O–H groups in total. The molecule has 0 aliphatic heterocycles. The Kier molecular flexibility index (Phi) is 2.65. The maximum Gasteiger partial charge on any atom is 0.405 e. The van der Waals surface area contributed by atoms with Gasteiger partial charge in [-0.15, -0.1) is 12.3 Å². The van der Waals surface area contributed by atoms with Crippen LogP contribution >= 0.6 is 0 Å². The average molecular weight is 197 g/mol. The van der Waals surface area contributed by atoms with Crippen molar-refractivity contribution in [2.24, 2.45) is 5.92 Å². The van der Waals surface area contributed by atoms with Crippen LogP contribution in [-0.4, -0.2) is 29.3 Å². The second-order valence-electron chi connectivity index (χ2n) is 3.05. The van der Waals surface area contributed by atoms with Crippen LogP contribution in [0.1, 0.15) is 13.3 Å². The highest BCUT2D eigenvalue weighted by Crippen LogP contribution is 2.43. The summed E-state index contributed by atoms with van der Waals surface area (Å²) in [6.07, 6.45) is 4.17. The Bertz CT molecular complexity index is 306. The van der Waals surface area contributed by atoms with Gasteiger partial charge in [0.2, 0.25) is 0 Å². The summed E-state index contributed by atoms with van der Waals surface area (Å²) in [7, 11) is 0. The molecule has 0 heterocycles. The van der Waals surface area contributed by atoms with Gasteiger partial charge in [-0.2, -0.15) is 0 Å². The van der Waals surface area contributed by atoms with Crippen LogP contribution in [0.5, 0.6) is 0 Å². The van der Waals surface area contributed by atoms with E-state index in [1.165, 1.54) is 0 Å². The number of hydrogen-bond acceptors (Lipinski definition) is 3. The summed E-state index contributed by atoms with van der Waals surface area (Å²) in [6.45, 7) is 1.86.